The Kier molecular flexibility index (Phi) is 6.31. The van der Waals surface area contributed by atoms with Crippen LogP contribution < -0.4 is 16.0 Å². The zero-order valence-electron chi connectivity index (χ0n) is 11.1. The summed E-state index contributed by atoms with van der Waals surface area (Å²) in [6.45, 7) is -2.00. The van der Waals surface area contributed by atoms with Crippen LogP contribution in [0.15, 0.2) is 18.2 Å². The van der Waals surface area contributed by atoms with Crippen LogP contribution in [0.5, 0.6) is 5.75 Å². The summed E-state index contributed by atoms with van der Waals surface area (Å²) in [5.41, 5.74) is 2.18. The van der Waals surface area contributed by atoms with Gasteiger partial charge in [-0.15, -0.1) is 0 Å². The lowest BCUT2D eigenvalue weighted by Crippen LogP contribution is -2.36. The molecule has 0 saturated carbocycles. The van der Waals surface area contributed by atoms with Crippen LogP contribution in [0.1, 0.15) is 11.6 Å². The van der Waals surface area contributed by atoms with Crippen molar-refractivity contribution >= 4 is 0 Å². The number of nitrogens with one attached hydrogen (secondary N) is 1. The van der Waals surface area contributed by atoms with E-state index in [4.69, 9.17) is 10.6 Å². The molecule has 0 amide bonds. The fraction of sp³-hybridized carbons (Fsp3) is 0.500. The van der Waals surface area contributed by atoms with Crippen molar-refractivity contribution in [2.75, 3.05) is 20.3 Å². The van der Waals surface area contributed by atoms with E-state index in [1.54, 1.807) is 0 Å². The molecule has 0 spiro atoms. The molecule has 0 aromatic heterocycles. The molecule has 3 N–H and O–H groups in total. The lowest BCUT2D eigenvalue weighted by molar-refractivity contribution is -0.167. The molecule has 0 aliphatic carbocycles. The van der Waals surface area contributed by atoms with Crippen LogP contribution in [0.4, 0.5) is 22.0 Å². The highest BCUT2D eigenvalue weighted by Crippen LogP contribution is 2.26. The number of benzene rings is 1. The molecule has 120 valence electrons. The van der Waals surface area contributed by atoms with Crippen molar-refractivity contribution in [2.45, 2.75) is 18.4 Å². The largest absolute Gasteiger partial charge is 0.494 e. The number of hydrogen-bond acceptors (Lipinski definition) is 4. The van der Waals surface area contributed by atoms with Crippen molar-refractivity contribution in [2.24, 2.45) is 5.84 Å². The normalized spacial score (nSPS) is 13.5. The molecule has 1 rings (SSSR count). The average Bonchev–Trinajstić information content (AvgIpc) is 2.44. The summed E-state index contributed by atoms with van der Waals surface area (Å²) >= 11 is 0. The molecule has 0 aliphatic heterocycles. The van der Waals surface area contributed by atoms with E-state index in [1.807, 2.05) is 0 Å². The van der Waals surface area contributed by atoms with Crippen molar-refractivity contribution in [1.29, 1.82) is 0 Å². The Morgan fingerprint density at radius 1 is 1.33 bits per heavy atom. The van der Waals surface area contributed by atoms with Gasteiger partial charge in [0, 0.05) is 5.56 Å². The first-order valence-electron chi connectivity index (χ1n) is 5.85. The fourth-order valence-corrected chi connectivity index (χ4v) is 1.56. The number of nitrogens with two attached hydrogens (primary N) is 1. The molecule has 1 unspecified atom stereocenters. The zero-order valence-corrected chi connectivity index (χ0v) is 11.1. The van der Waals surface area contributed by atoms with Gasteiger partial charge in [-0.25, -0.2) is 13.2 Å². The molecule has 0 radical (unpaired) electrons. The summed E-state index contributed by atoms with van der Waals surface area (Å²) in [5, 5.41) is 0. The SMILES string of the molecule is COc1cccc(C(COCC(F)(F)C(F)F)NN)c1F. The van der Waals surface area contributed by atoms with Crippen molar-refractivity contribution in [3.8, 4) is 5.75 Å². The number of halogens is 5. The number of hydrazine groups is 1. The van der Waals surface area contributed by atoms with Gasteiger partial charge in [-0.2, -0.15) is 8.78 Å². The van der Waals surface area contributed by atoms with Crippen LogP contribution >= 0.6 is 0 Å². The number of ether oxygens (including phenoxy) is 2. The summed E-state index contributed by atoms with van der Waals surface area (Å²) in [6, 6.07) is 3.18. The number of rotatable bonds is 8. The first-order valence-corrected chi connectivity index (χ1v) is 5.85. The molecule has 21 heavy (non-hydrogen) atoms. The van der Waals surface area contributed by atoms with Crippen molar-refractivity contribution < 1.29 is 31.4 Å². The van der Waals surface area contributed by atoms with Gasteiger partial charge in [0.1, 0.15) is 6.61 Å². The van der Waals surface area contributed by atoms with Crippen molar-refractivity contribution in [1.82, 2.24) is 5.43 Å². The number of hydrogen-bond donors (Lipinski definition) is 2. The second kappa shape index (κ2) is 7.53. The summed E-state index contributed by atoms with van der Waals surface area (Å²) in [4.78, 5) is 0. The Labute approximate surface area is 118 Å². The maximum atomic E-state index is 14.0. The van der Waals surface area contributed by atoms with E-state index < -0.39 is 37.4 Å². The van der Waals surface area contributed by atoms with E-state index in [9.17, 15) is 22.0 Å². The van der Waals surface area contributed by atoms with Gasteiger partial charge in [0.15, 0.2) is 11.6 Å². The Balaban J connectivity index is 2.72. The standard InChI is InChI=1S/C12H15F5N2O2/c1-20-9-4-2-3-7(10(9)13)8(19-18)5-21-6-12(16,17)11(14)15/h2-4,8,11,19H,5-6,18H2,1H3. The quantitative estimate of drug-likeness (QED) is 0.439. The Bertz CT molecular complexity index is 459. The maximum absolute atomic E-state index is 14.0. The molecule has 0 bridgehead atoms. The van der Waals surface area contributed by atoms with Gasteiger partial charge in [0.2, 0.25) is 0 Å². The van der Waals surface area contributed by atoms with Gasteiger partial charge in [-0.1, -0.05) is 12.1 Å². The van der Waals surface area contributed by atoms with Crippen LogP contribution in [-0.2, 0) is 4.74 Å². The third kappa shape index (κ3) is 4.51. The zero-order chi connectivity index (χ0) is 16.0. The van der Waals surface area contributed by atoms with Crippen molar-refractivity contribution in [3.05, 3.63) is 29.6 Å². The van der Waals surface area contributed by atoms with E-state index in [1.165, 1.54) is 25.3 Å². The summed E-state index contributed by atoms with van der Waals surface area (Å²) < 4.78 is 72.5. The first kappa shape index (κ1) is 17.6. The minimum absolute atomic E-state index is 0.0113. The third-order valence-electron chi connectivity index (χ3n) is 2.69. The Morgan fingerprint density at radius 2 is 2.00 bits per heavy atom. The van der Waals surface area contributed by atoms with Crippen molar-refractivity contribution in [3.63, 3.8) is 0 Å². The molecule has 1 aromatic carbocycles. The predicted octanol–water partition coefficient (Wildman–Crippen LogP) is 2.26. The molecule has 1 aromatic rings. The summed E-state index contributed by atoms with van der Waals surface area (Å²) in [6.07, 6.45) is -3.84. The Morgan fingerprint density at radius 3 is 2.52 bits per heavy atom. The van der Waals surface area contributed by atoms with Gasteiger partial charge in [0.25, 0.3) is 0 Å². The highest BCUT2D eigenvalue weighted by molar-refractivity contribution is 5.33. The van der Waals surface area contributed by atoms with E-state index in [0.29, 0.717) is 0 Å². The summed E-state index contributed by atoms with van der Waals surface area (Å²) in [7, 11) is 1.26. The lowest BCUT2D eigenvalue weighted by Gasteiger charge is -2.20. The first-order chi connectivity index (χ1) is 9.83. The van der Waals surface area contributed by atoms with Crippen LogP contribution in [0, 0.1) is 5.82 Å². The minimum Gasteiger partial charge on any atom is -0.494 e. The van der Waals surface area contributed by atoms with E-state index >= 15 is 0 Å². The summed E-state index contributed by atoms with van der Waals surface area (Å²) in [5.74, 6) is 0.122. The Hall–Kier alpha value is -1.45. The molecule has 0 saturated heterocycles. The fourth-order valence-electron chi connectivity index (χ4n) is 1.56. The van der Waals surface area contributed by atoms with Gasteiger partial charge in [-0.3, -0.25) is 11.3 Å². The molecule has 0 fully saturated rings. The minimum atomic E-state index is -4.27. The second-order valence-electron chi connectivity index (χ2n) is 4.16. The van der Waals surface area contributed by atoms with Crippen LogP contribution in [-0.4, -0.2) is 32.7 Å². The number of methoxy groups -OCH3 is 1. The second-order valence-corrected chi connectivity index (χ2v) is 4.16. The smallest absolute Gasteiger partial charge is 0.330 e. The van der Waals surface area contributed by atoms with Gasteiger partial charge in [-0.05, 0) is 6.07 Å². The molecule has 0 aliphatic rings. The van der Waals surface area contributed by atoms with Gasteiger partial charge >= 0.3 is 12.3 Å². The number of alkyl halides is 4. The topological polar surface area (TPSA) is 56.5 Å². The molecule has 1 atom stereocenters. The highest BCUT2D eigenvalue weighted by atomic mass is 19.3. The van der Waals surface area contributed by atoms with Crippen LogP contribution in [0.2, 0.25) is 0 Å². The molecular weight excluding hydrogens is 299 g/mol. The van der Waals surface area contributed by atoms with E-state index in [-0.39, 0.29) is 11.3 Å². The highest BCUT2D eigenvalue weighted by Gasteiger charge is 2.41. The van der Waals surface area contributed by atoms with E-state index in [2.05, 4.69) is 10.2 Å². The van der Waals surface area contributed by atoms with Gasteiger partial charge < -0.3 is 9.47 Å². The molecule has 4 nitrogen and oxygen atoms in total. The van der Waals surface area contributed by atoms with Crippen LogP contribution in [0.25, 0.3) is 0 Å². The van der Waals surface area contributed by atoms with E-state index in [0.717, 1.165) is 0 Å². The maximum Gasteiger partial charge on any atom is 0.330 e. The molecular formula is C12H15F5N2O2. The monoisotopic (exact) mass is 314 g/mol. The predicted molar refractivity (Wildman–Crippen MR) is 64.8 cm³/mol. The average molecular weight is 314 g/mol. The van der Waals surface area contributed by atoms with Gasteiger partial charge in [0.05, 0.1) is 19.8 Å². The third-order valence-corrected chi connectivity index (χ3v) is 2.69. The molecule has 0 heterocycles. The molecule has 9 heteroatoms. The lowest BCUT2D eigenvalue weighted by atomic mass is 10.1. The van der Waals surface area contributed by atoms with Crippen LogP contribution in [0.3, 0.4) is 0 Å².